The molecule has 0 N–H and O–H groups in total. The van der Waals surface area contributed by atoms with Gasteiger partial charge in [-0.3, -0.25) is 0 Å². The van der Waals surface area contributed by atoms with Gasteiger partial charge in [-0.05, 0) is 47.5 Å². The van der Waals surface area contributed by atoms with Crippen molar-refractivity contribution in [1.29, 1.82) is 0 Å². The fourth-order valence-corrected chi connectivity index (χ4v) is 2.38. The highest BCUT2D eigenvalue weighted by molar-refractivity contribution is 9.10. The second-order valence-corrected chi connectivity index (χ2v) is 6.08. The molecule has 3 rings (SSSR count). The zero-order valence-corrected chi connectivity index (χ0v) is 14.2. The lowest BCUT2D eigenvalue weighted by atomic mass is 10.2. The Labute approximate surface area is 144 Å². The van der Waals surface area contributed by atoms with Crippen LogP contribution in [-0.2, 0) is 13.2 Å². The average molecular weight is 369 g/mol. The molecule has 0 aliphatic carbocycles. The third kappa shape index (κ3) is 4.86. The van der Waals surface area contributed by atoms with Crippen LogP contribution >= 0.6 is 15.9 Å². The number of hydrogen-bond donors (Lipinski definition) is 0. The third-order valence-corrected chi connectivity index (χ3v) is 3.92. The van der Waals surface area contributed by atoms with Crippen LogP contribution in [0.1, 0.15) is 11.1 Å². The molecule has 0 atom stereocenters. The summed E-state index contributed by atoms with van der Waals surface area (Å²) in [5.41, 5.74) is 2.29. The summed E-state index contributed by atoms with van der Waals surface area (Å²) in [5, 5.41) is 0. The van der Waals surface area contributed by atoms with Gasteiger partial charge in [0.25, 0.3) is 0 Å². The first-order valence-electron chi connectivity index (χ1n) is 7.44. The molecular formula is C20H17BrO2. The fourth-order valence-electron chi connectivity index (χ4n) is 2.12. The predicted octanol–water partition coefficient (Wildman–Crippen LogP) is 5.61. The maximum Gasteiger partial charge on any atom is 0.120 e. The molecule has 0 saturated heterocycles. The number of rotatable bonds is 6. The summed E-state index contributed by atoms with van der Waals surface area (Å²) >= 11 is 3.43. The molecule has 0 fully saturated rings. The average Bonchev–Trinajstić information content (AvgIpc) is 2.61. The van der Waals surface area contributed by atoms with Gasteiger partial charge in [-0.2, -0.15) is 0 Å². The summed E-state index contributed by atoms with van der Waals surface area (Å²) in [6.45, 7) is 1.12. The summed E-state index contributed by atoms with van der Waals surface area (Å²) in [7, 11) is 0. The minimum Gasteiger partial charge on any atom is -0.489 e. The quantitative estimate of drug-likeness (QED) is 0.563. The van der Waals surface area contributed by atoms with Gasteiger partial charge in [0.1, 0.15) is 24.7 Å². The number of benzene rings is 3. The van der Waals surface area contributed by atoms with Crippen LogP contribution in [0.25, 0.3) is 0 Å². The van der Waals surface area contributed by atoms with Crippen molar-refractivity contribution in [3.63, 3.8) is 0 Å². The van der Waals surface area contributed by atoms with E-state index in [9.17, 15) is 0 Å². The third-order valence-electron chi connectivity index (χ3n) is 3.39. The van der Waals surface area contributed by atoms with E-state index >= 15 is 0 Å². The standard InChI is InChI=1S/C20H17BrO2/c21-18-8-6-17(7-9-18)15-23-20-12-10-19(11-13-20)22-14-16-4-2-1-3-5-16/h1-13H,14-15H2. The van der Waals surface area contributed by atoms with Crippen LogP contribution in [0.4, 0.5) is 0 Å². The van der Waals surface area contributed by atoms with E-state index in [1.807, 2.05) is 66.7 Å². The second kappa shape index (κ2) is 7.84. The summed E-state index contributed by atoms with van der Waals surface area (Å²) in [4.78, 5) is 0. The van der Waals surface area contributed by atoms with Gasteiger partial charge in [0.05, 0.1) is 0 Å². The number of hydrogen-bond acceptors (Lipinski definition) is 2. The first kappa shape index (κ1) is 15.6. The fraction of sp³-hybridized carbons (Fsp3) is 0.100. The van der Waals surface area contributed by atoms with Crippen molar-refractivity contribution < 1.29 is 9.47 Å². The van der Waals surface area contributed by atoms with Crippen LogP contribution in [0.2, 0.25) is 0 Å². The van der Waals surface area contributed by atoms with Crippen molar-refractivity contribution in [1.82, 2.24) is 0 Å². The SMILES string of the molecule is Brc1ccc(COc2ccc(OCc3ccccc3)cc2)cc1. The van der Waals surface area contributed by atoms with Crippen LogP contribution in [0.3, 0.4) is 0 Å². The topological polar surface area (TPSA) is 18.5 Å². The van der Waals surface area contributed by atoms with Crippen LogP contribution in [0.15, 0.2) is 83.3 Å². The minimum atomic E-state index is 0.553. The van der Waals surface area contributed by atoms with E-state index in [4.69, 9.17) is 9.47 Å². The molecule has 116 valence electrons. The zero-order chi connectivity index (χ0) is 15.9. The Morgan fingerprint density at radius 1 is 0.565 bits per heavy atom. The lowest BCUT2D eigenvalue weighted by Crippen LogP contribution is -1.96. The Morgan fingerprint density at radius 2 is 1.04 bits per heavy atom. The molecule has 3 aromatic rings. The molecular weight excluding hydrogens is 352 g/mol. The van der Waals surface area contributed by atoms with Gasteiger partial charge < -0.3 is 9.47 Å². The first-order chi connectivity index (χ1) is 11.3. The maximum absolute atomic E-state index is 5.78. The van der Waals surface area contributed by atoms with Crippen LogP contribution in [-0.4, -0.2) is 0 Å². The molecule has 0 aliphatic rings. The van der Waals surface area contributed by atoms with E-state index in [1.165, 1.54) is 0 Å². The molecule has 0 bridgehead atoms. The minimum absolute atomic E-state index is 0.553. The van der Waals surface area contributed by atoms with E-state index in [1.54, 1.807) is 0 Å². The molecule has 0 spiro atoms. The Kier molecular flexibility index (Phi) is 5.33. The second-order valence-electron chi connectivity index (χ2n) is 5.16. The Morgan fingerprint density at radius 3 is 1.57 bits per heavy atom. The molecule has 2 nitrogen and oxygen atoms in total. The highest BCUT2D eigenvalue weighted by atomic mass is 79.9. The highest BCUT2D eigenvalue weighted by Crippen LogP contribution is 2.20. The monoisotopic (exact) mass is 368 g/mol. The van der Waals surface area contributed by atoms with Crippen LogP contribution in [0, 0.1) is 0 Å². The van der Waals surface area contributed by atoms with Crippen molar-refractivity contribution in [3.8, 4) is 11.5 Å². The number of halogens is 1. The summed E-state index contributed by atoms with van der Waals surface area (Å²) in [5.74, 6) is 1.67. The molecule has 0 heterocycles. The van der Waals surface area contributed by atoms with Crippen molar-refractivity contribution >= 4 is 15.9 Å². The lowest BCUT2D eigenvalue weighted by molar-refractivity contribution is 0.297. The lowest BCUT2D eigenvalue weighted by Gasteiger charge is -2.09. The van der Waals surface area contributed by atoms with Crippen LogP contribution < -0.4 is 9.47 Å². The van der Waals surface area contributed by atoms with Crippen LogP contribution in [0.5, 0.6) is 11.5 Å². The smallest absolute Gasteiger partial charge is 0.120 e. The van der Waals surface area contributed by atoms with Crippen molar-refractivity contribution in [2.75, 3.05) is 0 Å². The van der Waals surface area contributed by atoms with Gasteiger partial charge in [0.2, 0.25) is 0 Å². The summed E-state index contributed by atoms with van der Waals surface area (Å²) in [6.07, 6.45) is 0. The van der Waals surface area contributed by atoms with E-state index in [-0.39, 0.29) is 0 Å². The van der Waals surface area contributed by atoms with Gasteiger partial charge in [-0.1, -0.05) is 58.4 Å². The molecule has 23 heavy (non-hydrogen) atoms. The van der Waals surface area contributed by atoms with E-state index in [2.05, 4.69) is 28.1 Å². The zero-order valence-electron chi connectivity index (χ0n) is 12.6. The largest absolute Gasteiger partial charge is 0.489 e. The van der Waals surface area contributed by atoms with Crippen molar-refractivity contribution in [2.24, 2.45) is 0 Å². The van der Waals surface area contributed by atoms with Gasteiger partial charge >= 0.3 is 0 Å². The summed E-state index contributed by atoms with van der Waals surface area (Å²) in [6, 6.07) is 26.0. The Bertz CT molecular complexity index is 722. The van der Waals surface area contributed by atoms with E-state index in [0.29, 0.717) is 13.2 Å². The molecule has 3 heteroatoms. The van der Waals surface area contributed by atoms with E-state index in [0.717, 1.165) is 27.1 Å². The molecule has 0 amide bonds. The molecule has 3 aromatic carbocycles. The molecule has 0 saturated carbocycles. The normalized spacial score (nSPS) is 10.3. The molecule has 0 unspecified atom stereocenters. The first-order valence-corrected chi connectivity index (χ1v) is 8.23. The highest BCUT2D eigenvalue weighted by Gasteiger charge is 1.99. The molecule has 0 aromatic heterocycles. The number of ether oxygens (including phenoxy) is 2. The summed E-state index contributed by atoms with van der Waals surface area (Å²) < 4.78 is 12.6. The maximum atomic E-state index is 5.78. The van der Waals surface area contributed by atoms with Crippen molar-refractivity contribution in [2.45, 2.75) is 13.2 Å². The predicted molar refractivity (Wildman–Crippen MR) is 95.7 cm³/mol. The van der Waals surface area contributed by atoms with Gasteiger partial charge in [0.15, 0.2) is 0 Å². The van der Waals surface area contributed by atoms with Gasteiger partial charge in [-0.15, -0.1) is 0 Å². The van der Waals surface area contributed by atoms with Gasteiger partial charge in [-0.25, -0.2) is 0 Å². The van der Waals surface area contributed by atoms with E-state index < -0.39 is 0 Å². The molecule has 0 aliphatic heterocycles. The van der Waals surface area contributed by atoms with Crippen molar-refractivity contribution in [3.05, 3.63) is 94.5 Å². The molecule has 0 radical (unpaired) electrons. The van der Waals surface area contributed by atoms with Gasteiger partial charge in [0, 0.05) is 4.47 Å². The Balaban J connectivity index is 1.51. The Hall–Kier alpha value is -2.26.